The Morgan fingerprint density at radius 1 is 0.714 bits per heavy atom. The van der Waals surface area contributed by atoms with Crippen molar-refractivity contribution in [2.75, 3.05) is 0 Å². The van der Waals surface area contributed by atoms with Gasteiger partial charge < -0.3 is 14.4 Å². The van der Waals surface area contributed by atoms with Crippen molar-refractivity contribution in [1.29, 1.82) is 0 Å². The third-order valence-corrected chi connectivity index (χ3v) is 7.91. The molecule has 1 radical (unpaired) electrons. The molecule has 8 rings (SSSR count). The van der Waals surface area contributed by atoms with Crippen LogP contribution in [-0.4, -0.2) is 9.97 Å². The summed E-state index contributed by atoms with van der Waals surface area (Å²) in [7, 11) is 0. The molecule has 49 heavy (non-hydrogen) atoms. The zero-order valence-electron chi connectivity index (χ0n) is 35.3. The molecule has 0 atom stereocenters. The van der Waals surface area contributed by atoms with Crippen molar-refractivity contribution >= 4 is 32.7 Å². The minimum Gasteiger partial charge on any atom is -0.501 e. The number of furan rings is 1. The SMILES string of the molecule is [2H]C([2H])([2H])c1c[c-]c(-c2ccc(C([2H])([2H])[2H])cn2)cc1.[2H]C([2H])(c1ccc(-c2ccc(-c3[c-]ccc4c3oc3cc5ccccc5cc34)nc2)cc1)C(C)(C)C.[Ir]. The monoisotopic (exact) mass is 823 g/mol. The van der Waals surface area contributed by atoms with Gasteiger partial charge in [0.2, 0.25) is 0 Å². The molecule has 0 saturated carbocycles. The van der Waals surface area contributed by atoms with Gasteiger partial charge in [0.25, 0.3) is 0 Å². The van der Waals surface area contributed by atoms with Crippen LogP contribution in [0.1, 0.15) is 48.4 Å². The molecule has 8 aromatic rings. The quantitative estimate of drug-likeness (QED) is 0.166. The van der Waals surface area contributed by atoms with Gasteiger partial charge in [0.05, 0.1) is 5.58 Å². The van der Waals surface area contributed by atoms with E-state index in [0.29, 0.717) is 16.8 Å². The second kappa shape index (κ2) is 14.3. The van der Waals surface area contributed by atoms with Crippen molar-refractivity contribution in [1.82, 2.24) is 9.97 Å². The van der Waals surface area contributed by atoms with Gasteiger partial charge in [-0.05, 0) is 75.2 Å². The summed E-state index contributed by atoms with van der Waals surface area (Å²) < 4.78 is 67.0. The minimum absolute atomic E-state index is 0. The topological polar surface area (TPSA) is 38.9 Å². The smallest absolute Gasteiger partial charge is 0.121 e. The van der Waals surface area contributed by atoms with E-state index in [-0.39, 0.29) is 31.2 Å². The van der Waals surface area contributed by atoms with E-state index in [9.17, 15) is 0 Å². The van der Waals surface area contributed by atoms with Crippen molar-refractivity contribution in [3.8, 4) is 33.6 Å². The van der Waals surface area contributed by atoms with Crippen LogP contribution >= 0.6 is 0 Å². The number of aryl methyl sites for hydroxylation is 2. The van der Waals surface area contributed by atoms with E-state index in [1.807, 2.05) is 81.6 Å². The van der Waals surface area contributed by atoms with Gasteiger partial charge in [-0.2, -0.15) is 0 Å². The zero-order valence-corrected chi connectivity index (χ0v) is 29.7. The van der Waals surface area contributed by atoms with Gasteiger partial charge >= 0.3 is 0 Å². The minimum atomic E-state index is -2.18. The molecule has 0 saturated heterocycles. The number of hydrogen-bond donors (Lipinski definition) is 0. The fourth-order valence-corrected chi connectivity index (χ4v) is 5.65. The predicted molar refractivity (Wildman–Crippen MR) is 200 cm³/mol. The molecule has 0 amide bonds. The number of benzene rings is 5. The van der Waals surface area contributed by atoms with E-state index in [4.69, 9.17) is 20.4 Å². The predicted octanol–water partition coefficient (Wildman–Crippen LogP) is 12.0. The van der Waals surface area contributed by atoms with E-state index in [2.05, 4.69) is 47.4 Å². The standard InChI is InChI=1S/C32H26NO.C13H12N.Ir/c1-32(2,3)19-21-11-13-22(14-12-21)25-15-16-29(33-20-25)27-10-6-9-26-28-17-23-7-4-5-8-24(23)18-30(28)34-31(26)27;1-10-3-6-12(7-4-10)13-8-5-11(2)9-14-13;/h4-9,11-18,20H,19H2,1-3H3;3-6,8-9H,1-2H3;/q2*-1;/i19D2;1D3,2D3;. The average molecular weight is 823 g/mol. The number of hydrogen-bond acceptors (Lipinski definition) is 3. The molecule has 0 spiro atoms. The molecule has 4 heteroatoms. The largest absolute Gasteiger partial charge is 0.501 e. The van der Waals surface area contributed by atoms with Crippen molar-refractivity contribution in [3.63, 3.8) is 0 Å². The Kier molecular flexibility index (Phi) is 7.34. The summed E-state index contributed by atoms with van der Waals surface area (Å²) in [5.74, 6) is 0. The van der Waals surface area contributed by atoms with Crippen LogP contribution in [0.25, 0.3) is 66.4 Å². The third-order valence-electron chi connectivity index (χ3n) is 7.91. The van der Waals surface area contributed by atoms with Crippen molar-refractivity contribution in [3.05, 3.63) is 156 Å². The van der Waals surface area contributed by atoms with Crippen LogP contribution in [0.2, 0.25) is 0 Å². The van der Waals surface area contributed by atoms with Gasteiger partial charge in [-0.15, -0.1) is 53.6 Å². The van der Waals surface area contributed by atoms with E-state index in [1.165, 1.54) is 29.8 Å². The Morgan fingerprint density at radius 3 is 2.08 bits per heavy atom. The Labute approximate surface area is 313 Å². The van der Waals surface area contributed by atoms with Crippen LogP contribution in [0, 0.1) is 31.3 Å². The van der Waals surface area contributed by atoms with E-state index in [0.717, 1.165) is 49.7 Å². The summed E-state index contributed by atoms with van der Waals surface area (Å²) in [5, 5.41) is 4.48. The maximum absolute atomic E-state index is 8.51. The maximum Gasteiger partial charge on any atom is 0.121 e. The summed E-state index contributed by atoms with van der Waals surface area (Å²) in [5.41, 5.74) is 7.01. The summed E-state index contributed by atoms with van der Waals surface area (Å²) in [6.45, 7) is 1.43. The average Bonchev–Trinajstić information content (AvgIpc) is 3.54. The Balaban J connectivity index is 0.000000223. The normalized spacial score (nSPS) is 14.5. The molecule has 3 heterocycles. The molecule has 0 unspecified atom stereocenters. The molecule has 245 valence electrons. The van der Waals surface area contributed by atoms with Crippen LogP contribution in [0.15, 0.2) is 132 Å². The molecule has 0 aliphatic heterocycles. The van der Waals surface area contributed by atoms with Crippen LogP contribution < -0.4 is 0 Å². The molecule has 5 aromatic carbocycles. The first-order valence-electron chi connectivity index (χ1n) is 19.7. The van der Waals surface area contributed by atoms with E-state index in [1.54, 1.807) is 12.1 Å². The van der Waals surface area contributed by atoms with Crippen molar-refractivity contribution < 1.29 is 35.5 Å². The number of fused-ring (bicyclic) bond motifs is 4. The first kappa shape index (κ1) is 25.1. The molecular formula is C45H38IrN2O-2. The fourth-order valence-electron chi connectivity index (χ4n) is 5.65. The van der Waals surface area contributed by atoms with Gasteiger partial charge in [0.15, 0.2) is 0 Å². The van der Waals surface area contributed by atoms with Crippen molar-refractivity contribution in [2.24, 2.45) is 5.41 Å². The molecule has 0 fully saturated rings. The molecule has 3 nitrogen and oxygen atoms in total. The Morgan fingerprint density at radius 2 is 1.43 bits per heavy atom. The molecule has 0 aliphatic rings. The summed E-state index contributed by atoms with van der Waals surface area (Å²) >= 11 is 0. The van der Waals surface area contributed by atoms with Gasteiger partial charge in [0, 0.05) is 48.9 Å². The number of pyridine rings is 2. The number of rotatable bonds is 4. The molecular weight excluding hydrogens is 777 g/mol. The van der Waals surface area contributed by atoms with Gasteiger partial charge in [-0.25, -0.2) is 0 Å². The second-order valence-corrected chi connectivity index (χ2v) is 12.7. The summed E-state index contributed by atoms with van der Waals surface area (Å²) in [6.07, 6.45) is 1.74. The first-order valence-corrected chi connectivity index (χ1v) is 15.7. The van der Waals surface area contributed by atoms with Gasteiger partial charge in [-0.1, -0.05) is 111 Å². The van der Waals surface area contributed by atoms with E-state index >= 15 is 0 Å². The second-order valence-electron chi connectivity index (χ2n) is 12.7. The first-order chi connectivity index (χ1) is 26.4. The Hall–Kier alpha value is -4.89. The molecule has 0 aliphatic carbocycles. The van der Waals surface area contributed by atoms with Crippen LogP contribution in [0.4, 0.5) is 0 Å². The molecule has 3 aromatic heterocycles. The number of nitrogens with zero attached hydrogens (tertiary/aromatic N) is 2. The summed E-state index contributed by atoms with van der Waals surface area (Å²) in [4.78, 5) is 8.82. The molecule has 0 N–H and O–H groups in total. The van der Waals surface area contributed by atoms with Gasteiger partial charge in [0.1, 0.15) is 5.58 Å². The van der Waals surface area contributed by atoms with Crippen LogP contribution in [0.5, 0.6) is 0 Å². The maximum atomic E-state index is 8.51. The van der Waals surface area contributed by atoms with Gasteiger partial charge in [-0.3, -0.25) is 0 Å². The van der Waals surface area contributed by atoms with Crippen LogP contribution in [-0.2, 0) is 26.5 Å². The Bertz CT molecular complexity index is 2590. The zero-order chi connectivity index (χ0) is 40.0. The fraction of sp³-hybridized carbons (Fsp3) is 0.156. The van der Waals surface area contributed by atoms with E-state index < -0.39 is 25.5 Å². The molecule has 0 bridgehead atoms. The van der Waals surface area contributed by atoms with Crippen molar-refractivity contribution in [2.45, 2.75) is 40.8 Å². The third kappa shape index (κ3) is 7.73. The summed E-state index contributed by atoms with van der Waals surface area (Å²) in [6, 6.07) is 42.0. The number of aromatic nitrogens is 2. The van der Waals surface area contributed by atoms with Crippen LogP contribution in [0.3, 0.4) is 0 Å².